The topological polar surface area (TPSA) is 142 Å². The molecule has 0 fully saturated rings. The van der Waals surface area contributed by atoms with Crippen LogP contribution >= 0.6 is 0 Å². The molecule has 1 aromatic carbocycles. The number of esters is 2. The molecule has 2 aromatic rings. The predicted molar refractivity (Wildman–Crippen MR) is 94.5 cm³/mol. The molecule has 0 bridgehead atoms. The van der Waals surface area contributed by atoms with E-state index in [0.29, 0.717) is 5.95 Å². The highest BCUT2D eigenvalue weighted by Crippen LogP contribution is 2.21. The van der Waals surface area contributed by atoms with E-state index in [2.05, 4.69) is 30.2 Å². The Morgan fingerprint density at radius 1 is 1.18 bits per heavy atom. The van der Waals surface area contributed by atoms with Gasteiger partial charge in [0.05, 0.1) is 37.8 Å². The van der Waals surface area contributed by atoms with E-state index in [1.807, 2.05) is 0 Å². The summed E-state index contributed by atoms with van der Waals surface area (Å²) < 4.78 is 10.8. The van der Waals surface area contributed by atoms with Crippen molar-refractivity contribution in [2.45, 2.75) is 13.0 Å². The molecular weight excluding hydrogens is 370 g/mol. The van der Waals surface area contributed by atoms with Gasteiger partial charge in [-0.15, -0.1) is 0 Å². The molecule has 0 aliphatic carbocycles. The molecule has 1 atom stereocenters. The van der Waals surface area contributed by atoms with Crippen LogP contribution in [-0.4, -0.2) is 52.7 Å². The lowest BCUT2D eigenvalue weighted by Gasteiger charge is -2.21. The molecule has 146 valence electrons. The summed E-state index contributed by atoms with van der Waals surface area (Å²) in [5.41, 5.74) is 0.345. The number of fused-ring (bicyclic) bond motifs is 1. The molecule has 28 heavy (non-hydrogen) atoms. The SMILES string of the molecule is COC(=O)c1cc(NC(=O)C[C@@H]2Cn3ncnc3NC2=O)cc(C(=O)OC)c1. The second kappa shape index (κ2) is 7.86. The van der Waals surface area contributed by atoms with E-state index in [4.69, 9.17) is 0 Å². The van der Waals surface area contributed by atoms with Gasteiger partial charge in [0.1, 0.15) is 6.33 Å². The number of anilines is 2. The molecule has 2 amide bonds. The van der Waals surface area contributed by atoms with E-state index in [-0.39, 0.29) is 35.7 Å². The van der Waals surface area contributed by atoms with Gasteiger partial charge < -0.3 is 14.8 Å². The molecule has 0 unspecified atom stereocenters. The normalized spacial score (nSPS) is 15.2. The van der Waals surface area contributed by atoms with Crippen LogP contribution in [0.3, 0.4) is 0 Å². The van der Waals surface area contributed by atoms with Crippen LogP contribution in [0.4, 0.5) is 11.6 Å². The number of ether oxygens (including phenoxy) is 2. The fourth-order valence-corrected chi connectivity index (χ4v) is 2.76. The Morgan fingerprint density at radius 2 is 1.82 bits per heavy atom. The minimum Gasteiger partial charge on any atom is -0.465 e. The van der Waals surface area contributed by atoms with E-state index < -0.39 is 23.8 Å². The molecule has 0 radical (unpaired) electrons. The quantitative estimate of drug-likeness (QED) is 0.704. The number of nitrogens with one attached hydrogen (secondary N) is 2. The Hall–Kier alpha value is -3.76. The zero-order valence-electron chi connectivity index (χ0n) is 15.1. The van der Waals surface area contributed by atoms with Gasteiger partial charge in [0.2, 0.25) is 17.8 Å². The van der Waals surface area contributed by atoms with Crippen molar-refractivity contribution in [2.24, 2.45) is 5.92 Å². The molecule has 2 heterocycles. The van der Waals surface area contributed by atoms with Crippen molar-refractivity contribution in [3.63, 3.8) is 0 Å². The number of hydrogen-bond donors (Lipinski definition) is 2. The third kappa shape index (κ3) is 3.98. The fourth-order valence-electron chi connectivity index (χ4n) is 2.76. The first-order chi connectivity index (χ1) is 13.4. The van der Waals surface area contributed by atoms with Gasteiger partial charge in [-0.05, 0) is 18.2 Å². The molecular formula is C17H17N5O6. The Kier molecular flexibility index (Phi) is 5.34. The Labute approximate surface area is 159 Å². The van der Waals surface area contributed by atoms with Gasteiger partial charge in [0.15, 0.2) is 0 Å². The fraction of sp³-hybridized carbons (Fsp3) is 0.294. The molecule has 3 rings (SSSR count). The summed E-state index contributed by atoms with van der Waals surface area (Å²) in [4.78, 5) is 52.0. The van der Waals surface area contributed by atoms with Gasteiger partial charge >= 0.3 is 11.9 Å². The number of hydrogen-bond acceptors (Lipinski definition) is 8. The van der Waals surface area contributed by atoms with Crippen LogP contribution in [0.1, 0.15) is 27.1 Å². The van der Waals surface area contributed by atoms with Gasteiger partial charge in [-0.2, -0.15) is 10.1 Å². The lowest BCUT2D eigenvalue weighted by molar-refractivity contribution is -0.125. The molecule has 0 saturated heterocycles. The maximum Gasteiger partial charge on any atom is 0.337 e. The molecule has 0 saturated carbocycles. The third-order valence-corrected chi connectivity index (χ3v) is 4.11. The van der Waals surface area contributed by atoms with Crippen molar-refractivity contribution in [3.8, 4) is 0 Å². The number of nitrogens with zero attached hydrogens (tertiary/aromatic N) is 3. The number of amides is 2. The van der Waals surface area contributed by atoms with Gasteiger partial charge in [0, 0.05) is 12.1 Å². The van der Waals surface area contributed by atoms with E-state index in [9.17, 15) is 19.2 Å². The first-order valence-electron chi connectivity index (χ1n) is 8.21. The average molecular weight is 387 g/mol. The Bertz CT molecular complexity index is 919. The van der Waals surface area contributed by atoms with Crippen LogP contribution in [0.25, 0.3) is 0 Å². The van der Waals surface area contributed by atoms with E-state index in [1.54, 1.807) is 0 Å². The van der Waals surface area contributed by atoms with Crippen LogP contribution < -0.4 is 10.6 Å². The average Bonchev–Trinajstić information content (AvgIpc) is 3.13. The van der Waals surface area contributed by atoms with Gasteiger partial charge in [-0.25, -0.2) is 14.3 Å². The maximum atomic E-state index is 12.4. The van der Waals surface area contributed by atoms with Gasteiger partial charge in [0.25, 0.3) is 0 Å². The highest BCUT2D eigenvalue weighted by Gasteiger charge is 2.29. The van der Waals surface area contributed by atoms with Crippen molar-refractivity contribution in [1.29, 1.82) is 0 Å². The largest absolute Gasteiger partial charge is 0.465 e. The summed E-state index contributed by atoms with van der Waals surface area (Å²) in [5, 5.41) is 9.13. The molecule has 0 spiro atoms. The van der Waals surface area contributed by atoms with Crippen molar-refractivity contribution in [1.82, 2.24) is 14.8 Å². The Balaban J connectivity index is 1.75. The zero-order valence-corrected chi connectivity index (χ0v) is 15.1. The second-order valence-corrected chi connectivity index (χ2v) is 5.99. The minimum atomic E-state index is -0.674. The van der Waals surface area contributed by atoms with Crippen LogP contribution in [0, 0.1) is 5.92 Å². The van der Waals surface area contributed by atoms with Gasteiger partial charge in [-0.3, -0.25) is 14.9 Å². The van der Waals surface area contributed by atoms with Crippen molar-refractivity contribution in [3.05, 3.63) is 35.7 Å². The zero-order chi connectivity index (χ0) is 20.3. The highest BCUT2D eigenvalue weighted by atomic mass is 16.5. The van der Waals surface area contributed by atoms with E-state index >= 15 is 0 Å². The first-order valence-corrected chi connectivity index (χ1v) is 8.21. The third-order valence-electron chi connectivity index (χ3n) is 4.11. The summed E-state index contributed by atoms with van der Waals surface area (Å²) in [5.74, 6) is -2.47. The number of benzene rings is 1. The number of aromatic nitrogens is 3. The summed E-state index contributed by atoms with van der Waals surface area (Å²) >= 11 is 0. The van der Waals surface area contributed by atoms with Crippen molar-refractivity contribution in [2.75, 3.05) is 24.9 Å². The predicted octanol–water partition coefficient (Wildman–Crippen LogP) is 0.448. The maximum absolute atomic E-state index is 12.4. The summed E-state index contributed by atoms with van der Waals surface area (Å²) in [6.45, 7) is 0.212. The van der Waals surface area contributed by atoms with E-state index in [0.717, 1.165) is 0 Å². The molecule has 2 N–H and O–H groups in total. The standard InChI is InChI=1S/C17H17N5O6/c1-27-15(25)9-3-10(16(26)28-2)5-12(4-9)20-13(23)6-11-7-22-17(18-8-19-22)21-14(11)24/h3-5,8,11H,6-7H2,1-2H3,(H,20,23)(H,18,19,21,24)/t11-/m1/s1. The monoisotopic (exact) mass is 387 g/mol. The van der Waals surface area contributed by atoms with Crippen LogP contribution in [-0.2, 0) is 25.6 Å². The number of rotatable bonds is 5. The van der Waals surface area contributed by atoms with E-state index in [1.165, 1.54) is 43.4 Å². The second-order valence-electron chi connectivity index (χ2n) is 5.99. The van der Waals surface area contributed by atoms with Crippen LogP contribution in [0.2, 0.25) is 0 Å². The molecule has 1 aromatic heterocycles. The molecule has 11 heteroatoms. The number of carbonyl (C=O) groups is 4. The molecule has 1 aliphatic rings. The lowest BCUT2D eigenvalue weighted by atomic mass is 10.0. The smallest absolute Gasteiger partial charge is 0.337 e. The number of methoxy groups -OCH3 is 2. The molecule has 11 nitrogen and oxygen atoms in total. The van der Waals surface area contributed by atoms with Crippen LogP contribution in [0.15, 0.2) is 24.5 Å². The van der Waals surface area contributed by atoms with Crippen molar-refractivity contribution >= 4 is 35.4 Å². The summed E-state index contributed by atoms with van der Waals surface area (Å²) in [7, 11) is 2.40. The summed E-state index contributed by atoms with van der Waals surface area (Å²) in [6, 6.07) is 4.04. The summed E-state index contributed by atoms with van der Waals surface area (Å²) in [6.07, 6.45) is 1.19. The number of carbonyl (C=O) groups excluding carboxylic acids is 4. The van der Waals surface area contributed by atoms with Crippen LogP contribution in [0.5, 0.6) is 0 Å². The first kappa shape index (κ1) is 19.0. The Morgan fingerprint density at radius 3 is 2.43 bits per heavy atom. The van der Waals surface area contributed by atoms with Gasteiger partial charge in [-0.1, -0.05) is 0 Å². The van der Waals surface area contributed by atoms with Crippen molar-refractivity contribution < 1.29 is 28.7 Å². The lowest BCUT2D eigenvalue weighted by Crippen LogP contribution is -2.36. The molecule has 1 aliphatic heterocycles. The highest BCUT2D eigenvalue weighted by molar-refractivity contribution is 6.01. The minimum absolute atomic E-state index is 0.0726.